The smallest absolute Gasteiger partial charge is 0.317 e. The molecule has 0 aromatic heterocycles. The third-order valence-electron chi connectivity index (χ3n) is 4.49. The van der Waals surface area contributed by atoms with Gasteiger partial charge in [0.05, 0.1) is 0 Å². The summed E-state index contributed by atoms with van der Waals surface area (Å²) in [6, 6.07) is 0.788. The topological polar surface area (TPSA) is 47.6 Å². The second-order valence-corrected chi connectivity index (χ2v) is 6.22. The fourth-order valence-corrected chi connectivity index (χ4v) is 3.13. The minimum absolute atomic E-state index is 0.116. The molecule has 0 radical (unpaired) electrons. The molecule has 0 aromatic carbocycles. The van der Waals surface area contributed by atoms with Gasteiger partial charge in [0, 0.05) is 45.3 Å². The maximum Gasteiger partial charge on any atom is 0.317 e. The third-order valence-corrected chi connectivity index (χ3v) is 4.49. The van der Waals surface area contributed by atoms with E-state index >= 15 is 0 Å². The highest BCUT2D eigenvalue weighted by molar-refractivity contribution is 5.76. The lowest BCUT2D eigenvalue weighted by molar-refractivity contribution is 0.192. The highest BCUT2D eigenvalue weighted by Crippen LogP contribution is 2.29. The molecule has 2 N–H and O–H groups in total. The van der Waals surface area contributed by atoms with Crippen LogP contribution in [0.2, 0.25) is 0 Å². The van der Waals surface area contributed by atoms with Crippen LogP contribution in [0.15, 0.2) is 0 Å². The standard InChI is InChI=1S/C14H26N4O/c19-14-16-6-7-18(14)9-8-17(10-12-3-4-12)11-13-2-1-5-15-13/h12-13,15H,1-11H2,(H,16,19). The minimum Gasteiger partial charge on any atom is -0.336 e. The second kappa shape index (κ2) is 6.09. The van der Waals surface area contributed by atoms with Crippen LogP contribution in [0.1, 0.15) is 25.7 Å². The number of carbonyl (C=O) groups is 1. The average molecular weight is 266 g/mol. The fraction of sp³-hybridized carbons (Fsp3) is 0.929. The Morgan fingerprint density at radius 3 is 2.74 bits per heavy atom. The van der Waals surface area contributed by atoms with Crippen LogP contribution in [0, 0.1) is 5.92 Å². The predicted octanol–water partition coefficient (Wildman–Crippen LogP) is 0.476. The summed E-state index contributed by atoms with van der Waals surface area (Å²) < 4.78 is 0. The summed E-state index contributed by atoms with van der Waals surface area (Å²) in [5.41, 5.74) is 0. The number of rotatable bonds is 7. The molecule has 0 bridgehead atoms. The van der Waals surface area contributed by atoms with Gasteiger partial charge in [0.2, 0.25) is 0 Å². The van der Waals surface area contributed by atoms with E-state index in [1.165, 1.54) is 38.8 Å². The van der Waals surface area contributed by atoms with Crippen molar-refractivity contribution in [1.29, 1.82) is 0 Å². The number of carbonyl (C=O) groups excluding carboxylic acids is 1. The van der Waals surface area contributed by atoms with E-state index in [-0.39, 0.29) is 6.03 Å². The van der Waals surface area contributed by atoms with Gasteiger partial charge in [-0.1, -0.05) is 0 Å². The zero-order valence-electron chi connectivity index (χ0n) is 11.7. The Bertz CT molecular complexity index is 313. The summed E-state index contributed by atoms with van der Waals surface area (Å²) in [6.07, 6.45) is 5.43. The molecule has 5 heteroatoms. The van der Waals surface area contributed by atoms with E-state index < -0.39 is 0 Å². The van der Waals surface area contributed by atoms with E-state index in [2.05, 4.69) is 15.5 Å². The number of nitrogens with zero attached hydrogens (tertiary/aromatic N) is 2. The highest BCUT2D eigenvalue weighted by atomic mass is 16.2. The average Bonchev–Trinajstić information content (AvgIpc) is 2.88. The molecule has 2 aliphatic heterocycles. The first-order valence-electron chi connectivity index (χ1n) is 7.80. The van der Waals surface area contributed by atoms with E-state index in [1.807, 2.05) is 4.90 Å². The van der Waals surface area contributed by atoms with Crippen LogP contribution in [-0.4, -0.2) is 67.7 Å². The van der Waals surface area contributed by atoms with Crippen LogP contribution in [0.4, 0.5) is 4.79 Å². The summed E-state index contributed by atoms with van der Waals surface area (Å²) in [6.45, 7) is 7.16. The molecule has 2 amide bonds. The Labute approximate surface area is 115 Å². The molecule has 1 unspecified atom stereocenters. The Hall–Kier alpha value is -0.810. The van der Waals surface area contributed by atoms with Gasteiger partial charge >= 0.3 is 6.03 Å². The maximum absolute atomic E-state index is 11.5. The molecule has 1 aliphatic carbocycles. The Morgan fingerprint density at radius 1 is 1.21 bits per heavy atom. The third kappa shape index (κ3) is 3.83. The Kier molecular flexibility index (Phi) is 4.23. The number of nitrogens with one attached hydrogen (secondary N) is 2. The van der Waals surface area contributed by atoms with Crippen molar-refractivity contribution in [2.45, 2.75) is 31.7 Å². The lowest BCUT2D eigenvalue weighted by Gasteiger charge is -2.27. The van der Waals surface area contributed by atoms with Gasteiger partial charge in [-0.3, -0.25) is 4.90 Å². The van der Waals surface area contributed by atoms with E-state index in [0.29, 0.717) is 6.04 Å². The molecular formula is C14H26N4O. The first kappa shape index (κ1) is 13.2. The number of amides is 2. The molecule has 0 aromatic rings. The van der Waals surface area contributed by atoms with Crippen LogP contribution in [0.5, 0.6) is 0 Å². The zero-order chi connectivity index (χ0) is 13.1. The van der Waals surface area contributed by atoms with Crippen molar-refractivity contribution in [3.63, 3.8) is 0 Å². The van der Waals surface area contributed by atoms with Crippen LogP contribution in [0.3, 0.4) is 0 Å². The van der Waals surface area contributed by atoms with Gasteiger partial charge in [-0.25, -0.2) is 4.79 Å². The summed E-state index contributed by atoms with van der Waals surface area (Å²) >= 11 is 0. The lowest BCUT2D eigenvalue weighted by atomic mass is 10.2. The molecule has 108 valence electrons. The highest BCUT2D eigenvalue weighted by Gasteiger charge is 2.27. The van der Waals surface area contributed by atoms with Crippen molar-refractivity contribution >= 4 is 6.03 Å². The summed E-state index contributed by atoms with van der Waals surface area (Å²) in [5, 5.41) is 6.46. The monoisotopic (exact) mass is 266 g/mol. The Morgan fingerprint density at radius 2 is 2.11 bits per heavy atom. The minimum atomic E-state index is 0.116. The molecular weight excluding hydrogens is 240 g/mol. The van der Waals surface area contributed by atoms with Crippen LogP contribution in [-0.2, 0) is 0 Å². The van der Waals surface area contributed by atoms with E-state index in [0.717, 1.165) is 38.6 Å². The van der Waals surface area contributed by atoms with Crippen LogP contribution < -0.4 is 10.6 Å². The van der Waals surface area contributed by atoms with Gasteiger partial charge in [-0.2, -0.15) is 0 Å². The summed E-state index contributed by atoms with van der Waals surface area (Å²) in [7, 11) is 0. The molecule has 19 heavy (non-hydrogen) atoms. The maximum atomic E-state index is 11.5. The molecule has 1 atom stereocenters. The fourth-order valence-electron chi connectivity index (χ4n) is 3.13. The van der Waals surface area contributed by atoms with Crippen molar-refractivity contribution in [1.82, 2.24) is 20.4 Å². The van der Waals surface area contributed by atoms with E-state index in [9.17, 15) is 4.79 Å². The number of urea groups is 1. The SMILES string of the molecule is O=C1NCCN1CCN(CC1CC1)CC1CCCN1. The lowest BCUT2D eigenvalue weighted by Crippen LogP contribution is -2.43. The quantitative estimate of drug-likeness (QED) is 0.704. The van der Waals surface area contributed by atoms with Gasteiger partial charge in [0.1, 0.15) is 0 Å². The van der Waals surface area contributed by atoms with Gasteiger partial charge in [0.25, 0.3) is 0 Å². The van der Waals surface area contributed by atoms with Crippen molar-refractivity contribution in [3.05, 3.63) is 0 Å². The van der Waals surface area contributed by atoms with Crippen molar-refractivity contribution in [2.24, 2.45) is 5.92 Å². The molecule has 3 aliphatic rings. The van der Waals surface area contributed by atoms with Crippen LogP contribution >= 0.6 is 0 Å². The van der Waals surface area contributed by atoms with Crippen LogP contribution in [0.25, 0.3) is 0 Å². The summed E-state index contributed by atoms with van der Waals surface area (Å²) in [4.78, 5) is 16.1. The van der Waals surface area contributed by atoms with E-state index in [1.54, 1.807) is 0 Å². The molecule has 1 saturated carbocycles. The zero-order valence-corrected chi connectivity index (χ0v) is 11.7. The molecule has 3 fully saturated rings. The molecule has 3 rings (SSSR count). The van der Waals surface area contributed by atoms with Gasteiger partial charge < -0.3 is 15.5 Å². The van der Waals surface area contributed by atoms with Gasteiger partial charge in [-0.15, -0.1) is 0 Å². The number of hydrogen-bond acceptors (Lipinski definition) is 3. The molecule has 2 heterocycles. The van der Waals surface area contributed by atoms with Crippen molar-refractivity contribution < 1.29 is 4.79 Å². The van der Waals surface area contributed by atoms with Crippen molar-refractivity contribution in [3.8, 4) is 0 Å². The molecule has 2 saturated heterocycles. The Balaban J connectivity index is 1.45. The summed E-state index contributed by atoms with van der Waals surface area (Å²) in [5.74, 6) is 0.925. The largest absolute Gasteiger partial charge is 0.336 e. The first-order chi connectivity index (χ1) is 9.31. The molecule has 5 nitrogen and oxygen atoms in total. The normalized spacial score (nSPS) is 27.3. The molecule has 0 spiro atoms. The van der Waals surface area contributed by atoms with Crippen molar-refractivity contribution in [2.75, 3.05) is 45.8 Å². The van der Waals surface area contributed by atoms with Gasteiger partial charge in [0.15, 0.2) is 0 Å². The second-order valence-electron chi connectivity index (χ2n) is 6.22. The predicted molar refractivity (Wildman–Crippen MR) is 75.2 cm³/mol. The first-order valence-corrected chi connectivity index (χ1v) is 7.80. The van der Waals surface area contributed by atoms with Gasteiger partial charge in [-0.05, 0) is 38.1 Å². The van der Waals surface area contributed by atoms with E-state index in [4.69, 9.17) is 0 Å². The number of hydrogen-bond donors (Lipinski definition) is 2.